The molecule has 2 unspecified atom stereocenters. The molecule has 1 saturated carbocycles. The standard InChI is InChI=1S/C13H22N4O/c1-13(2)9(7-10(13)18)14-8-12-16-15-11-5-3-4-6-17(11)12/h9-10,14,18H,3-8H2,1-2H3. The smallest absolute Gasteiger partial charge is 0.147 e. The van der Waals surface area contributed by atoms with Gasteiger partial charge in [-0.3, -0.25) is 0 Å². The molecule has 3 rings (SSSR count). The van der Waals surface area contributed by atoms with Crippen LogP contribution in [-0.2, 0) is 19.5 Å². The monoisotopic (exact) mass is 250 g/mol. The Morgan fingerprint density at radius 1 is 1.39 bits per heavy atom. The number of aliphatic hydroxyl groups excluding tert-OH is 1. The summed E-state index contributed by atoms with van der Waals surface area (Å²) in [7, 11) is 0. The number of nitrogens with zero attached hydrogens (tertiary/aromatic N) is 3. The molecular formula is C13H22N4O. The molecule has 1 aromatic heterocycles. The van der Waals surface area contributed by atoms with Crippen LogP contribution in [0, 0.1) is 5.41 Å². The lowest BCUT2D eigenvalue weighted by atomic mass is 9.64. The van der Waals surface area contributed by atoms with E-state index in [1.54, 1.807) is 0 Å². The molecule has 2 aliphatic rings. The number of fused-ring (bicyclic) bond motifs is 1. The summed E-state index contributed by atoms with van der Waals surface area (Å²) in [6.45, 7) is 6.03. The summed E-state index contributed by atoms with van der Waals surface area (Å²) in [4.78, 5) is 0. The number of aliphatic hydroxyl groups is 1. The lowest BCUT2D eigenvalue weighted by molar-refractivity contribution is -0.0732. The Labute approximate surface area is 108 Å². The molecule has 5 heteroatoms. The summed E-state index contributed by atoms with van der Waals surface area (Å²) in [5.74, 6) is 2.17. The lowest BCUT2D eigenvalue weighted by Crippen LogP contribution is -2.59. The molecule has 0 aromatic carbocycles. The third-order valence-electron chi connectivity index (χ3n) is 4.66. The van der Waals surface area contributed by atoms with E-state index in [-0.39, 0.29) is 11.5 Å². The van der Waals surface area contributed by atoms with Crippen molar-refractivity contribution in [1.29, 1.82) is 0 Å². The van der Waals surface area contributed by atoms with Gasteiger partial charge in [0.2, 0.25) is 0 Å². The second-order valence-electron chi connectivity index (χ2n) is 6.15. The molecule has 0 radical (unpaired) electrons. The maximum absolute atomic E-state index is 9.72. The minimum absolute atomic E-state index is 0.0231. The maximum Gasteiger partial charge on any atom is 0.147 e. The summed E-state index contributed by atoms with van der Waals surface area (Å²) >= 11 is 0. The van der Waals surface area contributed by atoms with Gasteiger partial charge in [0, 0.05) is 24.4 Å². The maximum atomic E-state index is 9.72. The first-order valence-electron chi connectivity index (χ1n) is 6.91. The summed E-state index contributed by atoms with van der Waals surface area (Å²) in [5.41, 5.74) is -0.0231. The van der Waals surface area contributed by atoms with Gasteiger partial charge in [0.05, 0.1) is 12.6 Å². The molecule has 5 nitrogen and oxygen atoms in total. The van der Waals surface area contributed by atoms with Crippen molar-refractivity contribution in [3.63, 3.8) is 0 Å². The lowest BCUT2D eigenvalue weighted by Gasteiger charge is -2.49. The molecule has 100 valence electrons. The zero-order valence-electron chi connectivity index (χ0n) is 11.2. The van der Waals surface area contributed by atoms with Gasteiger partial charge in [-0.15, -0.1) is 10.2 Å². The van der Waals surface area contributed by atoms with E-state index < -0.39 is 0 Å². The third-order valence-corrected chi connectivity index (χ3v) is 4.66. The van der Waals surface area contributed by atoms with Crippen LogP contribution >= 0.6 is 0 Å². The van der Waals surface area contributed by atoms with E-state index in [4.69, 9.17) is 0 Å². The van der Waals surface area contributed by atoms with Crippen molar-refractivity contribution in [2.75, 3.05) is 0 Å². The molecule has 1 aliphatic carbocycles. The normalized spacial score (nSPS) is 29.7. The number of rotatable bonds is 3. The van der Waals surface area contributed by atoms with E-state index in [0.29, 0.717) is 6.04 Å². The zero-order chi connectivity index (χ0) is 12.8. The Kier molecular flexibility index (Phi) is 2.90. The topological polar surface area (TPSA) is 63.0 Å². The van der Waals surface area contributed by atoms with E-state index in [1.165, 1.54) is 12.8 Å². The fourth-order valence-electron chi connectivity index (χ4n) is 2.96. The average Bonchev–Trinajstić information content (AvgIpc) is 2.78. The van der Waals surface area contributed by atoms with Crippen molar-refractivity contribution in [2.24, 2.45) is 5.41 Å². The van der Waals surface area contributed by atoms with Crippen molar-refractivity contribution in [2.45, 2.75) is 64.8 Å². The number of hydrogen-bond acceptors (Lipinski definition) is 4. The fraction of sp³-hybridized carbons (Fsp3) is 0.846. The van der Waals surface area contributed by atoms with Gasteiger partial charge in [0.25, 0.3) is 0 Å². The Morgan fingerprint density at radius 3 is 2.94 bits per heavy atom. The van der Waals surface area contributed by atoms with E-state index in [9.17, 15) is 5.11 Å². The molecule has 1 aliphatic heterocycles. The third kappa shape index (κ3) is 1.86. The number of hydrogen-bond donors (Lipinski definition) is 2. The molecule has 1 fully saturated rings. The van der Waals surface area contributed by atoms with Crippen LogP contribution in [-0.4, -0.2) is 32.0 Å². The van der Waals surface area contributed by atoms with Gasteiger partial charge in [0.1, 0.15) is 11.6 Å². The van der Waals surface area contributed by atoms with Crippen molar-refractivity contribution in [1.82, 2.24) is 20.1 Å². The van der Waals surface area contributed by atoms with Crippen LogP contribution in [0.1, 0.15) is 44.8 Å². The van der Waals surface area contributed by atoms with Crippen molar-refractivity contribution >= 4 is 0 Å². The van der Waals surface area contributed by atoms with E-state index in [2.05, 4.69) is 33.9 Å². The molecule has 0 saturated heterocycles. The SMILES string of the molecule is CC1(C)C(O)CC1NCc1nnc2n1CCCC2. The van der Waals surface area contributed by atoms with Crippen LogP contribution in [0.4, 0.5) is 0 Å². The minimum Gasteiger partial charge on any atom is -0.392 e. The van der Waals surface area contributed by atoms with Gasteiger partial charge in [-0.2, -0.15) is 0 Å². The number of nitrogens with one attached hydrogen (secondary N) is 1. The molecule has 2 heterocycles. The summed E-state index contributed by atoms with van der Waals surface area (Å²) in [6.07, 6.45) is 4.18. The van der Waals surface area contributed by atoms with Crippen LogP contribution in [0.3, 0.4) is 0 Å². The molecule has 0 bridgehead atoms. The number of aromatic nitrogens is 3. The highest BCUT2D eigenvalue weighted by atomic mass is 16.3. The van der Waals surface area contributed by atoms with Crippen LogP contribution in [0.2, 0.25) is 0 Å². The fourth-order valence-corrected chi connectivity index (χ4v) is 2.96. The minimum atomic E-state index is -0.178. The Bertz CT molecular complexity index is 440. The molecule has 18 heavy (non-hydrogen) atoms. The second-order valence-corrected chi connectivity index (χ2v) is 6.15. The van der Waals surface area contributed by atoms with E-state index in [1.807, 2.05) is 0 Å². The predicted octanol–water partition coefficient (Wildman–Crippen LogP) is 0.863. The molecule has 2 atom stereocenters. The summed E-state index contributed by atoms with van der Waals surface area (Å²) < 4.78 is 2.25. The molecular weight excluding hydrogens is 228 g/mol. The molecule has 2 N–H and O–H groups in total. The molecule has 1 aromatic rings. The number of aryl methyl sites for hydroxylation is 1. The first-order valence-corrected chi connectivity index (χ1v) is 6.91. The van der Waals surface area contributed by atoms with E-state index in [0.717, 1.165) is 37.6 Å². The van der Waals surface area contributed by atoms with Crippen molar-refractivity contribution in [3.05, 3.63) is 11.6 Å². The van der Waals surface area contributed by atoms with E-state index >= 15 is 0 Å². The van der Waals surface area contributed by atoms with Gasteiger partial charge in [-0.25, -0.2) is 0 Å². The van der Waals surface area contributed by atoms with Gasteiger partial charge in [0.15, 0.2) is 0 Å². The van der Waals surface area contributed by atoms with Crippen LogP contribution < -0.4 is 5.32 Å². The van der Waals surface area contributed by atoms with Gasteiger partial charge >= 0.3 is 0 Å². The first-order chi connectivity index (χ1) is 8.59. The molecule has 0 spiro atoms. The van der Waals surface area contributed by atoms with Crippen molar-refractivity contribution < 1.29 is 5.11 Å². The zero-order valence-corrected chi connectivity index (χ0v) is 11.2. The van der Waals surface area contributed by atoms with Gasteiger partial charge < -0.3 is 15.0 Å². The summed E-state index contributed by atoms with van der Waals surface area (Å²) in [5, 5.41) is 21.8. The largest absolute Gasteiger partial charge is 0.392 e. The average molecular weight is 250 g/mol. The van der Waals surface area contributed by atoms with Crippen LogP contribution in [0.15, 0.2) is 0 Å². The highest BCUT2D eigenvalue weighted by Crippen LogP contribution is 2.40. The predicted molar refractivity (Wildman–Crippen MR) is 68.0 cm³/mol. The molecule has 0 amide bonds. The van der Waals surface area contributed by atoms with Crippen LogP contribution in [0.25, 0.3) is 0 Å². The second kappa shape index (κ2) is 4.31. The Hall–Kier alpha value is -0.940. The summed E-state index contributed by atoms with van der Waals surface area (Å²) in [6, 6.07) is 0.379. The first kappa shape index (κ1) is 12.1. The Balaban J connectivity index is 1.63. The quantitative estimate of drug-likeness (QED) is 0.835. The van der Waals surface area contributed by atoms with Gasteiger partial charge in [-0.05, 0) is 19.3 Å². The highest BCUT2D eigenvalue weighted by molar-refractivity contribution is 5.04. The Morgan fingerprint density at radius 2 is 2.22 bits per heavy atom. The van der Waals surface area contributed by atoms with Gasteiger partial charge in [-0.1, -0.05) is 13.8 Å². The highest BCUT2D eigenvalue weighted by Gasteiger charge is 2.46. The van der Waals surface area contributed by atoms with Crippen molar-refractivity contribution in [3.8, 4) is 0 Å². The van der Waals surface area contributed by atoms with Crippen LogP contribution in [0.5, 0.6) is 0 Å².